The molecule has 1 aliphatic carbocycles. The van der Waals surface area contributed by atoms with Gasteiger partial charge in [-0.25, -0.2) is 4.98 Å². The van der Waals surface area contributed by atoms with Crippen LogP contribution in [0.1, 0.15) is 26.0 Å². The van der Waals surface area contributed by atoms with Gasteiger partial charge in [-0.3, -0.25) is 13.7 Å². The highest BCUT2D eigenvalue weighted by molar-refractivity contribution is 7.70. The minimum absolute atomic E-state index is 0.0508. The molecule has 13 nitrogen and oxygen atoms in total. The molecule has 32 heavy (non-hydrogen) atoms. The van der Waals surface area contributed by atoms with Gasteiger partial charge < -0.3 is 34.0 Å². The van der Waals surface area contributed by atoms with Gasteiger partial charge in [0.05, 0.1) is 19.0 Å². The SMILES string of the molecule is CO[C@H]1[C@H](C)C(n2cnc3c(NC4CC4)nc(Cl)nc32)O[C@@H]1COP(=O)(O)CP(=O)(O)O. The van der Waals surface area contributed by atoms with Gasteiger partial charge in [0.1, 0.15) is 12.3 Å². The number of hydrogen-bond donors (Lipinski definition) is 4. The van der Waals surface area contributed by atoms with Crippen LogP contribution in [0.3, 0.4) is 0 Å². The predicted octanol–water partition coefficient (Wildman–Crippen LogP) is 1.94. The van der Waals surface area contributed by atoms with Gasteiger partial charge in [0.15, 0.2) is 22.9 Å². The zero-order valence-corrected chi connectivity index (χ0v) is 19.8. The van der Waals surface area contributed by atoms with Crippen molar-refractivity contribution < 1.29 is 37.8 Å². The third-order valence-corrected chi connectivity index (χ3v) is 8.94. The van der Waals surface area contributed by atoms with Crippen molar-refractivity contribution in [1.82, 2.24) is 19.5 Å². The summed E-state index contributed by atoms with van der Waals surface area (Å²) in [4.78, 5) is 40.6. The Hall–Kier alpha value is -1.14. The van der Waals surface area contributed by atoms with E-state index in [0.717, 1.165) is 12.8 Å². The van der Waals surface area contributed by atoms with Gasteiger partial charge in [-0.1, -0.05) is 6.92 Å². The van der Waals surface area contributed by atoms with Crippen molar-refractivity contribution in [3.63, 3.8) is 0 Å². The van der Waals surface area contributed by atoms with Crippen LogP contribution in [0, 0.1) is 5.92 Å². The molecule has 16 heteroatoms. The highest BCUT2D eigenvalue weighted by Gasteiger charge is 2.45. The molecule has 2 aromatic rings. The highest BCUT2D eigenvalue weighted by atomic mass is 35.5. The Morgan fingerprint density at radius 1 is 1.31 bits per heavy atom. The number of hydrogen-bond acceptors (Lipinski definition) is 9. The van der Waals surface area contributed by atoms with Gasteiger partial charge in [-0.15, -0.1) is 0 Å². The zero-order valence-electron chi connectivity index (χ0n) is 17.2. The van der Waals surface area contributed by atoms with Crippen LogP contribution in [0.4, 0.5) is 5.82 Å². The van der Waals surface area contributed by atoms with Crippen LogP contribution in [0.2, 0.25) is 5.28 Å². The average molecular weight is 512 g/mol. The molecule has 0 amide bonds. The first-order valence-electron chi connectivity index (χ1n) is 9.83. The summed E-state index contributed by atoms with van der Waals surface area (Å²) in [5, 5.41) is 3.33. The first kappa shape index (κ1) is 24.0. The summed E-state index contributed by atoms with van der Waals surface area (Å²) >= 11 is 6.13. The number of anilines is 1. The maximum Gasteiger partial charge on any atom is 0.340 e. The van der Waals surface area contributed by atoms with Crippen molar-refractivity contribution in [3.8, 4) is 0 Å². The van der Waals surface area contributed by atoms with Gasteiger partial charge in [0, 0.05) is 19.1 Å². The molecule has 178 valence electrons. The fourth-order valence-electron chi connectivity index (χ4n) is 3.76. The van der Waals surface area contributed by atoms with E-state index in [1.54, 1.807) is 10.9 Å². The summed E-state index contributed by atoms with van der Waals surface area (Å²) in [6.07, 6.45) is 1.71. The van der Waals surface area contributed by atoms with E-state index >= 15 is 0 Å². The monoisotopic (exact) mass is 511 g/mol. The molecule has 3 heterocycles. The summed E-state index contributed by atoms with van der Waals surface area (Å²) in [6.45, 7) is 1.47. The minimum Gasteiger partial charge on any atom is -0.378 e. The fourth-order valence-corrected chi connectivity index (χ4v) is 6.50. The number of rotatable bonds is 9. The number of nitrogens with zero attached hydrogens (tertiary/aromatic N) is 4. The normalized spacial score (nSPS) is 28.2. The van der Waals surface area contributed by atoms with Crippen LogP contribution in [0.25, 0.3) is 11.2 Å². The maximum absolute atomic E-state index is 12.0. The largest absolute Gasteiger partial charge is 0.378 e. The quantitative estimate of drug-likeness (QED) is 0.284. The second-order valence-corrected chi connectivity index (χ2v) is 12.3. The van der Waals surface area contributed by atoms with E-state index in [9.17, 15) is 14.0 Å². The van der Waals surface area contributed by atoms with E-state index in [1.807, 2.05) is 6.92 Å². The van der Waals surface area contributed by atoms with E-state index in [2.05, 4.69) is 20.3 Å². The first-order valence-corrected chi connectivity index (χ1v) is 13.8. The van der Waals surface area contributed by atoms with Gasteiger partial charge in [-0.05, 0) is 24.4 Å². The van der Waals surface area contributed by atoms with Gasteiger partial charge >= 0.3 is 15.2 Å². The number of fused-ring (bicyclic) bond motifs is 1. The van der Waals surface area contributed by atoms with Crippen LogP contribution in [-0.4, -0.2) is 72.1 Å². The van der Waals surface area contributed by atoms with E-state index < -0.39 is 46.1 Å². The number of methoxy groups -OCH3 is 1. The van der Waals surface area contributed by atoms with Crippen molar-refractivity contribution in [2.75, 3.05) is 24.9 Å². The smallest absolute Gasteiger partial charge is 0.340 e. The summed E-state index contributed by atoms with van der Waals surface area (Å²) in [5.74, 6) is -0.991. The zero-order chi connectivity index (χ0) is 23.3. The van der Waals surface area contributed by atoms with Crippen LogP contribution in [0.5, 0.6) is 0 Å². The fraction of sp³-hybridized carbons (Fsp3) is 0.688. The van der Waals surface area contributed by atoms with E-state index in [0.29, 0.717) is 23.0 Å². The third kappa shape index (κ3) is 5.32. The molecule has 1 aliphatic heterocycles. The molecule has 0 radical (unpaired) electrons. The van der Waals surface area contributed by atoms with Crippen LogP contribution < -0.4 is 5.32 Å². The lowest BCUT2D eigenvalue weighted by molar-refractivity contribution is -0.0480. The molecule has 0 spiro atoms. The molecule has 4 N–H and O–H groups in total. The van der Waals surface area contributed by atoms with E-state index in [4.69, 9.17) is 35.4 Å². The number of halogens is 1. The maximum atomic E-state index is 12.0. The lowest BCUT2D eigenvalue weighted by atomic mass is 10.0. The summed E-state index contributed by atoms with van der Waals surface area (Å²) in [7, 11) is -7.79. The number of ether oxygens (including phenoxy) is 2. The molecule has 2 unspecified atom stereocenters. The Balaban J connectivity index is 1.55. The van der Waals surface area contributed by atoms with Crippen molar-refractivity contribution in [2.24, 2.45) is 5.92 Å². The Morgan fingerprint density at radius 3 is 2.66 bits per heavy atom. The Kier molecular flexibility index (Phi) is 6.68. The Bertz CT molecular complexity index is 1090. The van der Waals surface area contributed by atoms with Crippen LogP contribution in [-0.2, 0) is 23.1 Å². The summed E-state index contributed by atoms with van der Waals surface area (Å²) in [6, 6.07) is 0.331. The second kappa shape index (κ2) is 8.90. The molecular formula is C16H24ClN5O8P2. The molecule has 2 fully saturated rings. The first-order chi connectivity index (χ1) is 15.0. The Labute approximate surface area is 188 Å². The molecule has 1 saturated heterocycles. The van der Waals surface area contributed by atoms with Crippen molar-refractivity contribution in [1.29, 1.82) is 0 Å². The molecule has 4 rings (SSSR count). The van der Waals surface area contributed by atoms with Gasteiger partial charge in [-0.2, -0.15) is 9.97 Å². The molecular weight excluding hydrogens is 488 g/mol. The third-order valence-electron chi connectivity index (χ3n) is 5.31. The standard InChI is InChI=1S/C16H24ClN5O8P2/c1-8-12(28-2)10(5-29-32(26,27)7-31(23,24)25)30-15(8)22-6-18-11-13(19-9-3-4-9)20-16(17)21-14(11)22/h6,8-10,12,15H,3-5,7H2,1-2H3,(H,26,27)(H,19,20,21)(H2,23,24,25)/t8-,10+,12-,15?/m0/s1. The van der Waals surface area contributed by atoms with Gasteiger partial charge in [0.2, 0.25) is 5.28 Å². The lowest BCUT2D eigenvalue weighted by Gasteiger charge is -2.20. The number of imidazole rings is 1. The molecule has 1 saturated carbocycles. The van der Waals surface area contributed by atoms with E-state index in [1.165, 1.54) is 7.11 Å². The minimum atomic E-state index is -4.73. The molecule has 2 aliphatic rings. The summed E-state index contributed by atoms with van der Waals surface area (Å²) < 4.78 is 41.3. The second-order valence-electron chi connectivity index (χ2n) is 7.95. The Morgan fingerprint density at radius 2 is 2.03 bits per heavy atom. The van der Waals surface area contributed by atoms with Crippen LogP contribution >= 0.6 is 26.8 Å². The van der Waals surface area contributed by atoms with Crippen LogP contribution in [0.15, 0.2) is 6.33 Å². The lowest BCUT2D eigenvalue weighted by Crippen LogP contribution is -2.31. The number of aromatic nitrogens is 4. The summed E-state index contributed by atoms with van der Waals surface area (Å²) in [5.41, 5.74) is 0.989. The topological polar surface area (TPSA) is 178 Å². The number of nitrogens with one attached hydrogen (secondary N) is 1. The van der Waals surface area contributed by atoms with Crippen molar-refractivity contribution in [3.05, 3.63) is 11.6 Å². The predicted molar refractivity (Wildman–Crippen MR) is 114 cm³/mol. The molecule has 2 aromatic heterocycles. The average Bonchev–Trinajstić information content (AvgIpc) is 3.29. The molecule has 5 atom stereocenters. The van der Waals surface area contributed by atoms with E-state index in [-0.39, 0.29) is 11.2 Å². The van der Waals surface area contributed by atoms with Gasteiger partial charge in [0.25, 0.3) is 0 Å². The molecule has 0 aromatic carbocycles. The van der Waals surface area contributed by atoms with Crippen molar-refractivity contribution in [2.45, 2.75) is 44.2 Å². The molecule has 0 bridgehead atoms. The highest BCUT2D eigenvalue weighted by Crippen LogP contribution is 2.55. The van der Waals surface area contributed by atoms with Crippen molar-refractivity contribution >= 4 is 43.8 Å².